The van der Waals surface area contributed by atoms with Crippen molar-refractivity contribution in [1.82, 2.24) is 15.1 Å². The molecule has 118 valence electrons. The van der Waals surface area contributed by atoms with E-state index < -0.39 is 0 Å². The molecule has 1 amide bonds. The summed E-state index contributed by atoms with van der Waals surface area (Å²) in [4.78, 5) is 13.8. The smallest absolute Gasteiger partial charge is 0.226 e. The number of aromatic nitrogens is 2. The SMILES string of the molecule is CCn1cc([C@H]2OCC[C@@H]2C(=O)N[C@H](C)c2cccs2)cn1. The number of hydrogen-bond acceptors (Lipinski definition) is 4. The van der Waals surface area contributed by atoms with Gasteiger partial charge in [-0.15, -0.1) is 11.3 Å². The standard InChI is InChI=1S/C16H21N3O2S/c1-3-19-10-12(9-17-19)15-13(6-7-21-15)16(20)18-11(2)14-5-4-8-22-14/h4-5,8-11,13,15H,3,6-7H2,1-2H3,(H,18,20)/t11-,13+,15-/m1/s1. The molecule has 1 fully saturated rings. The largest absolute Gasteiger partial charge is 0.373 e. The lowest BCUT2D eigenvalue weighted by Gasteiger charge is -2.19. The van der Waals surface area contributed by atoms with Crippen LogP contribution in [0.15, 0.2) is 29.9 Å². The molecule has 3 heterocycles. The van der Waals surface area contributed by atoms with Crippen LogP contribution in [-0.4, -0.2) is 22.3 Å². The van der Waals surface area contributed by atoms with Crippen LogP contribution in [0.1, 0.15) is 42.9 Å². The summed E-state index contributed by atoms with van der Waals surface area (Å²) in [6.07, 6.45) is 4.35. The lowest BCUT2D eigenvalue weighted by atomic mass is 9.96. The first kappa shape index (κ1) is 15.2. The highest BCUT2D eigenvalue weighted by Crippen LogP contribution is 2.35. The van der Waals surface area contributed by atoms with Gasteiger partial charge in [-0.1, -0.05) is 6.07 Å². The molecular weight excluding hydrogens is 298 g/mol. The van der Waals surface area contributed by atoms with Crippen LogP contribution >= 0.6 is 11.3 Å². The second-order valence-corrected chi connectivity index (χ2v) is 6.54. The number of thiophene rings is 1. The lowest BCUT2D eigenvalue weighted by Crippen LogP contribution is -2.33. The summed E-state index contributed by atoms with van der Waals surface area (Å²) in [6.45, 7) is 5.50. The predicted molar refractivity (Wildman–Crippen MR) is 85.6 cm³/mol. The highest BCUT2D eigenvalue weighted by atomic mass is 32.1. The number of ether oxygens (including phenoxy) is 1. The maximum absolute atomic E-state index is 12.6. The lowest BCUT2D eigenvalue weighted by molar-refractivity contribution is -0.127. The summed E-state index contributed by atoms with van der Waals surface area (Å²) in [5.74, 6) is -0.0791. The van der Waals surface area contributed by atoms with Gasteiger partial charge in [0.2, 0.25) is 5.91 Å². The molecule has 3 rings (SSSR count). The first-order chi connectivity index (χ1) is 10.7. The van der Waals surface area contributed by atoms with E-state index in [0.717, 1.165) is 18.5 Å². The van der Waals surface area contributed by atoms with Crippen molar-refractivity contribution < 1.29 is 9.53 Å². The van der Waals surface area contributed by atoms with Gasteiger partial charge in [0.1, 0.15) is 0 Å². The van der Waals surface area contributed by atoms with Crippen LogP contribution in [0, 0.1) is 5.92 Å². The number of nitrogens with one attached hydrogen (secondary N) is 1. The molecule has 22 heavy (non-hydrogen) atoms. The van der Waals surface area contributed by atoms with E-state index in [9.17, 15) is 4.79 Å². The second-order valence-electron chi connectivity index (χ2n) is 5.56. The van der Waals surface area contributed by atoms with Gasteiger partial charge in [-0.2, -0.15) is 5.10 Å². The Bertz CT molecular complexity index is 623. The average Bonchev–Trinajstić information content (AvgIpc) is 3.25. The van der Waals surface area contributed by atoms with E-state index in [1.807, 2.05) is 48.4 Å². The molecule has 2 aromatic heterocycles. The molecule has 0 bridgehead atoms. The zero-order chi connectivity index (χ0) is 15.5. The molecule has 0 unspecified atom stereocenters. The van der Waals surface area contributed by atoms with E-state index in [0.29, 0.717) is 6.61 Å². The van der Waals surface area contributed by atoms with Crippen molar-refractivity contribution >= 4 is 17.2 Å². The topological polar surface area (TPSA) is 56.1 Å². The highest BCUT2D eigenvalue weighted by molar-refractivity contribution is 7.10. The first-order valence-corrected chi connectivity index (χ1v) is 8.54. The van der Waals surface area contributed by atoms with Crippen molar-refractivity contribution in [2.75, 3.05) is 6.61 Å². The van der Waals surface area contributed by atoms with Gasteiger partial charge in [0.05, 0.1) is 24.3 Å². The van der Waals surface area contributed by atoms with E-state index >= 15 is 0 Å². The second kappa shape index (κ2) is 6.62. The summed E-state index contributed by atoms with van der Waals surface area (Å²) in [7, 11) is 0. The Hall–Kier alpha value is -1.66. The quantitative estimate of drug-likeness (QED) is 0.922. The normalized spacial score (nSPS) is 22.6. The monoisotopic (exact) mass is 319 g/mol. The van der Waals surface area contributed by atoms with Crippen molar-refractivity contribution in [3.63, 3.8) is 0 Å². The molecule has 0 aromatic carbocycles. The van der Waals surface area contributed by atoms with Crippen molar-refractivity contribution in [1.29, 1.82) is 0 Å². The first-order valence-electron chi connectivity index (χ1n) is 7.66. The number of aryl methyl sites for hydroxylation is 1. The molecule has 0 aliphatic carbocycles. The van der Waals surface area contributed by atoms with Gasteiger partial charge in [0, 0.05) is 29.8 Å². The third-order valence-electron chi connectivity index (χ3n) is 4.06. The minimum Gasteiger partial charge on any atom is -0.373 e. The van der Waals surface area contributed by atoms with Gasteiger partial charge in [-0.25, -0.2) is 0 Å². The number of carbonyl (C=O) groups excluding carboxylic acids is 1. The van der Waals surface area contributed by atoms with Gasteiger partial charge < -0.3 is 10.1 Å². The Morgan fingerprint density at radius 1 is 1.64 bits per heavy atom. The summed E-state index contributed by atoms with van der Waals surface area (Å²) in [5.41, 5.74) is 0.989. The third kappa shape index (κ3) is 3.08. The molecule has 0 radical (unpaired) electrons. The van der Waals surface area contributed by atoms with Crippen LogP contribution in [0.3, 0.4) is 0 Å². The predicted octanol–water partition coefficient (Wildman–Crippen LogP) is 2.92. The average molecular weight is 319 g/mol. The Labute approximate surface area is 134 Å². The van der Waals surface area contributed by atoms with Crippen LogP contribution in [-0.2, 0) is 16.1 Å². The van der Waals surface area contributed by atoms with E-state index in [2.05, 4.69) is 10.4 Å². The fourth-order valence-corrected chi connectivity index (χ4v) is 3.55. The van der Waals surface area contributed by atoms with Gasteiger partial charge in [-0.3, -0.25) is 9.48 Å². The third-order valence-corrected chi connectivity index (χ3v) is 5.12. The molecule has 6 heteroatoms. The number of rotatable bonds is 5. The molecular formula is C16H21N3O2S. The van der Waals surface area contributed by atoms with Gasteiger partial charge in [-0.05, 0) is 31.7 Å². The van der Waals surface area contributed by atoms with Crippen LogP contribution in [0.4, 0.5) is 0 Å². The zero-order valence-electron chi connectivity index (χ0n) is 12.9. The molecule has 5 nitrogen and oxygen atoms in total. The summed E-state index contributed by atoms with van der Waals surface area (Å²) >= 11 is 1.66. The number of hydrogen-bond donors (Lipinski definition) is 1. The maximum atomic E-state index is 12.6. The van der Waals surface area contributed by atoms with Crippen molar-refractivity contribution in [2.45, 2.75) is 39.0 Å². The number of nitrogens with zero attached hydrogens (tertiary/aromatic N) is 2. The Balaban J connectivity index is 1.68. The zero-order valence-corrected chi connectivity index (χ0v) is 13.7. The number of carbonyl (C=O) groups is 1. The summed E-state index contributed by atoms with van der Waals surface area (Å²) in [6, 6.07) is 4.08. The summed E-state index contributed by atoms with van der Waals surface area (Å²) in [5, 5.41) is 9.42. The number of amides is 1. The molecule has 2 aromatic rings. The van der Waals surface area contributed by atoms with E-state index in [1.54, 1.807) is 11.3 Å². The van der Waals surface area contributed by atoms with Gasteiger partial charge in [0.25, 0.3) is 0 Å². The van der Waals surface area contributed by atoms with Gasteiger partial charge >= 0.3 is 0 Å². The molecule has 0 spiro atoms. The van der Waals surface area contributed by atoms with Gasteiger partial charge in [0.15, 0.2) is 0 Å². The Kier molecular flexibility index (Phi) is 4.59. The van der Waals surface area contributed by atoms with Crippen LogP contribution < -0.4 is 5.32 Å². The fraction of sp³-hybridized carbons (Fsp3) is 0.500. The molecule has 1 N–H and O–H groups in total. The minimum atomic E-state index is -0.184. The molecule has 0 saturated carbocycles. The maximum Gasteiger partial charge on any atom is 0.226 e. The van der Waals surface area contributed by atoms with Crippen molar-refractivity contribution in [3.8, 4) is 0 Å². The van der Waals surface area contributed by atoms with E-state index in [1.165, 1.54) is 4.88 Å². The van der Waals surface area contributed by atoms with Crippen molar-refractivity contribution in [2.24, 2.45) is 5.92 Å². The van der Waals surface area contributed by atoms with Crippen molar-refractivity contribution in [3.05, 3.63) is 40.3 Å². The summed E-state index contributed by atoms with van der Waals surface area (Å²) < 4.78 is 7.65. The van der Waals surface area contributed by atoms with Crippen LogP contribution in [0.25, 0.3) is 0 Å². The Morgan fingerprint density at radius 2 is 2.50 bits per heavy atom. The van der Waals surface area contributed by atoms with E-state index in [4.69, 9.17) is 4.74 Å². The molecule has 1 aliphatic rings. The Morgan fingerprint density at radius 3 is 3.18 bits per heavy atom. The minimum absolute atomic E-state index is 0.0344. The molecule has 1 saturated heterocycles. The van der Waals surface area contributed by atoms with Crippen LogP contribution in [0.2, 0.25) is 0 Å². The molecule has 3 atom stereocenters. The fourth-order valence-electron chi connectivity index (χ4n) is 2.82. The molecule has 1 aliphatic heterocycles. The highest BCUT2D eigenvalue weighted by Gasteiger charge is 2.36. The van der Waals surface area contributed by atoms with Crippen LogP contribution in [0.5, 0.6) is 0 Å². The van der Waals surface area contributed by atoms with E-state index in [-0.39, 0.29) is 24.0 Å².